The van der Waals surface area contributed by atoms with Crippen LogP contribution >= 0.6 is 0 Å². The topological polar surface area (TPSA) is 144 Å². The van der Waals surface area contributed by atoms with Gasteiger partial charge in [-0.1, -0.05) is 12.2 Å². The van der Waals surface area contributed by atoms with Crippen LogP contribution in [-0.2, 0) is 28.6 Å². The summed E-state index contributed by atoms with van der Waals surface area (Å²) in [5, 5.41) is 15.7. The van der Waals surface area contributed by atoms with Crippen molar-refractivity contribution >= 4 is 23.9 Å². The van der Waals surface area contributed by atoms with Crippen molar-refractivity contribution in [3.8, 4) is 0 Å². The summed E-state index contributed by atoms with van der Waals surface area (Å²) in [6.07, 6.45) is 3.11. The second-order valence-electron chi connectivity index (χ2n) is 10.2. The van der Waals surface area contributed by atoms with Gasteiger partial charge in [-0.15, -0.1) is 0 Å². The van der Waals surface area contributed by atoms with Crippen molar-refractivity contribution in [1.82, 2.24) is 15.5 Å². The quantitative estimate of drug-likeness (QED) is 0.382. The lowest BCUT2D eigenvalue weighted by molar-refractivity contribution is -0.150. The first-order valence-corrected chi connectivity index (χ1v) is 12.2. The number of fused-ring (bicyclic) bond motifs is 2. The Bertz CT molecular complexity index is 854. The van der Waals surface area contributed by atoms with Gasteiger partial charge in [0.05, 0.1) is 19.3 Å². The van der Waals surface area contributed by atoms with Crippen LogP contribution in [0.25, 0.3) is 0 Å². The molecule has 0 spiro atoms. The number of alkyl carbamates (subject to hydrolysis) is 1. The average molecular weight is 496 g/mol. The molecule has 11 heteroatoms. The van der Waals surface area contributed by atoms with Crippen LogP contribution in [0, 0.1) is 5.92 Å². The minimum Gasteiger partial charge on any atom is -0.464 e. The molecule has 1 saturated carbocycles. The van der Waals surface area contributed by atoms with E-state index < -0.39 is 53.2 Å². The lowest BCUT2D eigenvalue weighted by atomic mass is 10.1. The van der Waals surface area contributed by atoms with E-state index in [0.29, 0.717) is 26.1 Å². The van der Waals surface area contributed by atoms with Gasteiger partial charge in [0.2, 0.25) is 11.8 Å². The number of amides is 3. The van der Waals surface area contributed by atoms with Gasteiger partial charge in [0, 0.05) is 25.5 Å². The molecular weight excluding hydrogens is 458 g/mol. The number of hydrogen-bond donors (Lipinski definition) is 3. The Morgan fingerprint density at radius 1 is 1.34 bits per heavy atom. The molecule has 2 fully saturated rings. The highest BCUT2D eigenvalue weighted by atomic mass is 16.6. The number of ether oxygens (including phenoxy) is 3. The van der Waals surface area contributed by atoms with E-state index in [-0.39, 0.29) is 31.9 Å². The molecule has 0 bridgehead atoms. The van der Waals surface area contributed by atoms with Gasteiger partial charge in [-0.05, 0) is 47.0 Å². The molecule has 3 amide bonds. The summed E-state index contributed by atoms with van der Waals surface area (Å²) in [6, 6.07) is -1.96. The molecule has 3 rings (SSSR count). The third-order valence-electron chi connectivity index (χ3n) is 6.22. The first-order chi connectivity index (χ1) is 16.5. The minimum absolute atomic E-state index is 0.0270. The van der Waals surface area contributed by atoms with Crippen LogP contribution in [0.3, 0.4) is 0 Å². The van der Waals surface area contributed by atoms with Gasteiger partial charge in [0.25, 0.3) is 0 Å². The van der Waals surface area contributed by atoms with E-state index in [1.807, 2.05) is 6.08 Å². The highest BCUT2D eigenvalue weighted by Gasteiger charge is 2.62. The maximum atomic E-state index is 13.5. The number of aliphatic hydroxyl groups is 1. The summed E-state index contributed by atoms with van der Waals surface area (Å²) in [5.74, 6) is -1.83. The third-order valence-corrected chi connectivity index (χ3v) is 6.22. The molecule has 2 heterocycles. The van der Waals surface area contributed by atoms with Crippen molar-refractivity contribution in [3.63, 3.8) is 0 Å². The van der Waals surface area contributed by atoms with Gasteiger partial charge < -0.3 is 34.9 Å². The SMILES string of the molecule is CCOC(=O)[C@@]12C[C@H]1/C=C\COCCC[C@H](NC(=O)OC(C)(C)C)C(=O)N1C[C@H](O)C[C@H]1C(=O)N2. The van der Waals surface area contributed by atoms with Gasteiger partial charge in [-0.2, -0.15) is 0 Å². The maximum Gasteiger partial charge on any atom is 0.408 e. The Hall–Kier alpha value is -2.66. The molecular formula is C24H37N3O8. The molecule has 0 unspecified atom stereocenters. The van der Waals surface area contributed by atoms with Crippen molar-refractivity contribution in [1.29, 1.82) is 0 Å². The number of nitrogens with zero attached hydrogens (tertiary/aromatic N) is 1. The predicted octanol–water partition coefficient (Wildman–Crippen LogP) is 0.646. The lowest BCUT2D eigenvalue weighted by Crippen LogP contribution is -2.56. The van der Waals surface area contributed by atoms with Gasteiger partial charge in [-0.25, -0.2) is 9.59 Å². The highest BCUT2D eigenvalue weighted by molar-refractivity contribution is 5.96. The molecule has 196 valence electrons. The van der Waals surface area contributed by atoms with Crippen molar-refractivity contribution in [2.45, 2.75) is 82.7 Å². The molecule has 1 saturated heterocycles. The van der Waals surface area contributed by atoms with Gasteiger partial charge in [-0.3, -0.25) is 9.59 Å². The molecule has 5 atom stereocenters. The van der Waals surface area contributed by atoms with E-state index in [0.717, 1.165) is 0 Å². The monoisotopic (exact) mass is 495 g/mol. The van der Waals surface area contributed by atoms with Crippen molar-refractivity contribution in [2.75, 3.05) is 26.4 Å². The number of carbonyl (C=O) groups excluding carboxylic acids is 4. The molecule has 11 nitrogen and oxygen atoms in total. The minimum atomic E-state index is -1.21. The van der Waals surface area contributed by atoms with Gasteiger partial charge in [0.15, 0.2) is 0 Å². The van der Waals surface area contributed by atoms with Crippen LogP contribution < -0.4 is 10.6 Å². The van der Waals surface area contributed by atoms with E-state index in [2.05, 4.69) is 10.6 Å². The fourth-order valence-electron chi connectivity index (χ4n) is 4.49. The summed E-state index contributed by atoms with van der Waals surface area (Å²) in [7, 11) is 0. The molecule has 35 heavy (non-hydrogen) atoms. The zero-order valence-corrected chi connectivity index (χ0v) is 20.9. The Morgan fingerprint density at radius 3 is 2.77 bits per heavy atom. The van der Waals surface area contributed by atoms with Crippen LogP contribution in [0.5, 0.6) is 0 Å². The second kappa shape index (κ2) is 10.9. The molecule has 1 aliphatic carbocycles. The summed E-state index contributed by atoms with van der Waals surface area (Å²) in [6.45, 7) is 7.60. The number of aliphatic hydroxyl groups excluding tert-OH is 1. The van der Waals surface area contributed by atoms with Crippen molar-refractivity contribution < 1.29 is 38.5 Å². The van der Waals surface area contributed by atoms with Gasteiger partial charge in [0.1, 0.15) is 23.2 Å². The molecule has 0 aromatic carbocycles. The molecule has 0 radical (unpaired) electrons. The van der Waals surface area contributed by atoms with Crippen LogP contribution in [-0.4, -0.2) is 89.6 Å². The largest absolute Gasteiger partial charge is 0.464 e. The van der Waals surface area contributed by atoms with Crippen LogP contribution in [0.1, 0.15) is 53.4 Å². The molecule has 3 N–H and O–H groups in total. The first kappa shape index (κ1) is 26.9. The maximum absolute atomic E-state index is 13.5. The fourth-order valence-corrected chi connectivity index (χ4v) is 4.49. The Kier molecular flexibility index (Phi) is 8.42. The van der Waals surface area contributed by atoms with Crippen molar-refractivity contribution in [2.24, 2.45) is 5.92 Å². The molecule has 2 aliphatic heterocycles. The lowest BCUT2D eigenvalue weighted by Gasteiger charge is -2.30. The summed E-state index contributed by atoms with van der Waals surface area (Å²) in [4.78, 5) is 53.2. The molecule has 0 aromatic heterocycles. The fraction of sp³-hybridized carbons (Fsp3) is 0.750. The highest BCUT2D eigenvalue weighted by Crippen LogP contribution is 2.46. The summed E-state index contributed by atoms with van der Waals surface area (Å²) >= 11 is 0. The smallest absolute Gasteiger partial charge is 0.408 e. The Labute approximate surface area is 205 Å². The average Bonchev–Trinajstić information content (AvgIpc) is 3.30. The second-order valence-corrected chi connectivity index (χ2v) is 10.2. The van der Waals surface area contributed by atoms with E-state index >= 15 is 0 Å². The zero-order valence-electron chi connectivity index (χ0n) is 20.9. The summed E-state index contributed by atoms with van der Waals surface area (Å²) in [5.41, 5.74) is -1.96. The Morgan fingerprint density at radius 2 is 2.09 bits per heavy atom. The van der Waals surface area contributed by atoms with E-state index in [1.54, 1.807) is 33.8 Å². The number of carbonyl (C=O) groups is 4. The standard InChI is InChI=1S/C24H37N3O8/c1-5-34-21(31)24-13-15(24)8-6-10-33-11-7-9-17(25-22(32)35-23(2,3)4)20(30)27-14-16(28)12-18(27)19(29)26-24/h6,8,15-18,28H,5,7,9-14H2,1-4H3,(H,25,32)(H,26,29)/b8-6-/t15-,16-,17+,18+,24-/m1/s1. The van der Waals surface area contributed by atoms with Crippen molar-refractivity contribution in [3.05, 3.63) is 12.2 Å². The Balaban J connectivity index is 1.84. The predicted molar refractivity (Wildman–Crippen MR) is 124 cm³/mol. The molecule has 3 aliphatic rings. The van der Waals surface area contributed by atoms with Crippen LogP contribution in [0.2, 0.25) is 0 Å². The van der Waals surface area contributed by atoms with E-state index in [9.17, 15) is 24.3 Å². The molecule has 0 aromatic rings. The van der Waals surface area contributed by atoms with E-state index in [4.69, 9.17) is 14.2 Å². The van der Waals surface area contributed by atoms with Crippen LogP contribution in [0.4, 0.5) is 4.79 Å². The van der Waals surface area contributed by atoms with E-state index in [1.165, 1.54) is 4.90 Å². The van der Waals surface area contributed by atoms with Crippen LogP contribution in [0.15, 0.2) is 12.2 Å². The number of nitrogens with one attached hydrogen (secondary N) is 2. The third kappa shape index (κ3) is 6.72. The number of rotatable bonds is 3. The zero-order chi connectivity index (χ0) is 25.8. The first-order valence-electron chi connectivity index (χ1n) is 12.2. The normalized spacial score (nSPS) is 32.8. The number of hydrogen-bond acceptors (Lipinski definition) is 8. The number of esters is 1. The summed E-state index contributed by atoms with van der Waals surface area (Å²) < 4.78 is 16.1. The van der Waals surface area contributed by atoms with Gasteiger partial charge >= 0.3 is 12.1 Å².